The highest BCUT2D eigenvalue weighted by Gasteiger charge is 2.28. The van der Waals surface area contributed by atoms with Gasteiger partial charge in [-0.2, -0.15) is 0 Å². The van der Waals surface area contributed by atoms with Gasteiger partial charge < -0.3 is 24.2 Å². The molecule has 11 nitrogen and oxygen atoms in total. The standard InChI is InChI=1S/C68H115O11P/c1-4-7-10-13-16-19-22-25-28-30-32-34-37-39-42-45-48-51-54-57-66(70)75-61-65(79-68(72)59-56-53-50-47-44-41-38-35-33-31-29-26-23-20-17-14-11-8-5-2)63-77-80(73,74)76-62-64(60-69)78-67(71)58-55-52-49-46-43-40-36-27-24-21-18-15-12-9-6-3/h8,11,16-17,19-20,25-26,28-29,32-35,41,44,50,53,64-65,69H,4-7,9-10,12-15,18,21-24,27,30-31,36-40,42-43,45-49,51-52,54-63H2,1-3H3,(H,73,74)/b11-8-,19-16-,20-17-,28-25-,29-26-,34-32-,35-33-,44-41-,53-50-. The van der Waals surface area contributed by atoms with Crippen molar-refractivity contribution in [3.63, 3.8) is 0 Å². The van der Waals surface area contributed by atoms with E-state index in [0.29, 0.717) is 25.7 Å². The normalized spacial score (nSPS) is 14.0. The van der Waals surface area contributed by atoms with Crippen LogP contribution in [0.5, 0.6) is 0 Å². The van der Waals surface area contributed by atoms with Crippen LogP contribution in [0.3, 0.4) is 0 Å². The Morgan fingerprint density at radius 3 is 1.10 bits per heavy atom. The summed E-state index contributed by atoms with van der Waals surface area (Å²) in [6.07, 6.45) is 74.8. The third-order valence-corrected chi connectivity index (χ3v) is 14.1. The third-order valence-electron chi connectivity index (χ3n) is 13.2. The van der Waals surface area contributed by atoms with Crippen LogP contribution in [-0.4, -0.2) is 66.5 Å². The molecule has 458 valence electrons. The zero-order valence-corrected chi connectivity index (χ0v) is 51.7. The Bertz CT molecular complexity index is 1760. The van der Waals surface area contributed by atoms with Gasteiger partial charge in [0.1, 0.15) is 12.7 Å². The van der Waals surface area contributed by atoms with Crippen LogP contribution in [0.4, 0.5) is 0 Å². The summed E-state index contributed by atoms with van der Waals surface area (Å²) in [5.74, 6) is -1.58. The van der Waals surface area contributed by atoms with E-state index in [2.05, 4.69) is 118 Å². The number of aliphatic hydroxyl groups is 1. The van der Waals surface area contributed by atoms with Crippen LogP contribution in [0, 0.1) is 0 Å². The van der Waals surface area contributed by atoms with E-state index < -0.39 is 57.8 Å². The fraction of sp³-hybridized carbons (Fsp3) is 0.691. The number of carbonyl (C=O) groups is 3. The van der Waals surface area contributed by atoms with Gasteiger partial charge in [-0.3, -0.25) is 23.4 Å². The lowest BCUT2D eigenvalue weighted by atomic mass is 10.0. The average molecular weight is 1140 g/mol. The van der Waals surface area contributed by atoms with E-state index in [4.69, 9.17) is 23.3 Å². The lowest BCUT2D eigenvalue weighted by molar-refractivity contribution is -0.161. The fourth-order valence-electron chi connectivity index (χ4n) is 8.39. The Kier molecular flexibility index (Phi) is 58.3. The monoisotopic (exact) mass is 1140 g/mol. The molecule has 0 aliphatic heterocycles. The maximum atomic E-state index is 12.9. The molecule has 0 aliphatic carbocycles. The smallest absolute Gasteiger partial charge is 0.462 e. The maximum Gasteiger partial charge on any atom is 0.472 e. The Morgan fingerprint density at radius 2 is 0.675 bits per heavy atom. The van der Waals surface area contributed by atoms with Gasteiger partial charge in [-0.1, -0.05) is 259 Å². The van der Waals surface area contributed by atoms with Crippen LogP contribution in [0.1, 0.15) is 265 Å². The number of rotatable bonds is 58. The molecule has 0 fully saturated rings. The molecule has 0 rings (SSSR count). The van der Waals surface area contributed by atoms with Gasteiger partial charge >= 0.3 is 25.7 Å². The lowest BCUT2D eigenvalue weighted by Crippen LogP contribution is -2.30. The molecule has 0 bridgehead atoms. The van der Waals surface area contributed by atoms with E-state index in [1.807, 2.05) is 12.2 Å². The average Bonchev–Trinajstić information content (AvgIpc) is 3.45. The molecule has 0 aliphatic rings. The molecule has 0 saturated carbocycles. The zero-order chi connectivity index (χ0) is 58.3. The number of hydrogen-bond acceptors (Lipinski definition) is 10. The van der Waals surface area contributed by atoms with Gasteiger partial charge in [0.25, 0.3) is 0 Å². The molecule has 0 spiro atoms. The van der Waals surface area contributed by atoms with E-state index in [0.717, 1.165) is 103 Å². The summed E-state index contributed by atoms with van der Waals surface area (Å²) in [5, 5.41) is 9.85. The van der Waals surface area contributed by atoms with Crippen LogP contribution in [0.2, 0.25) is 0 Å². The minimum Gasteiger partial charge on any atom is -0.462 e. The summed E-state index contributed by atoms with van der Waals surface area (Å²) in [4.78, 5) is 48.7. The van der Waals surface area contributed by atoms with Gasteiger partial charge in [0.2, 0.25) is 0 Å². The molecule has 0 amide bonds. The number of phosphoric acid groups is 1. The van der Waals surface area contributed by atoms with E-state index in [1.54, 1.807) is 0 Å². The van der Waals surface area contributed by atoms with Crippen molar-refractivity contribution in [3.8, 4) is 0 Å². The highest BCUT2D eigenvalue weighted by atomic mass is 31.2. The van der Waals surface area contributed by atoms with Crippen LogP contribution < -0.4 is 0 Å². The van der Waals surface area contributed by atoms with E-state index >= 15 is 0 Å². The van der Waals surface area contributed by atoms with Crippen molar-refractivity contribution in [2.45, 2.75) is 277 Å². The molecule has 0 aromatic rings. The molecule has 0 aromatic carbocycles. The fourth-order valence-corrected chi connectivity index (χ4v) is 9.17. The number of phosphoric ester groups is 1. The number of aliphatic hydroxyl groups excluding tert-OH is 1. The molecule has 3 atom stereocenters. The van der Waals surface area contributed by atoms with Gasteiger partial charge in [-0.25, -0.2) is 4.57 Å². The summed E-state index contributed by atoms with van der Waals surface area (Å²) in [6.45, 7) is 4.43. The predicted octanol–water partition coefficient (Wildman–Crippen LogP) is 19.4. The SMILES string of the molecule is CC/C=C\C/C=C\C/C=C\C/C=C\C/C=C\C/C=C\CCC(=O)OC(COC(=O)CCCCCCCC/C=C\C/C=C\C/C=C\CCCCC)COP(=O)(O)OCC(CO)OC(=O)CCCCCCCCCCCCCCCCC. The van der Waals surface area contributed by atoms with Crippen molar-refractivity contribution in [3.05, 3.63) is 109 Å². The Morgan fingerprint density at radius 1 is 0.362 bits per heavy atom. The Labute approximate surface area is 488 Å². The van der Waals surface area contributed by atoms with Crippen molar-refractivity contribution >= 4 is 25.7 Å². The maximum absolute atomic E-state index is 12.9. The van der Waals surface area contributed by atoms with Crippen molar-refractivity contribution in [2.75, 3.05) is 26.4 Å². The topological polar surface area (TPSA) is 155 Å². The summed E-state index contributed by atoms with van der Waals surface area (Å²) >= 11 is 0. The molecular formula is C68H115O11P. The second kappa shape index (κ2) is 61.2. The second-order valence-corrected chi connectivity index (χ2v) is 22.3. The first-order chi connectivity index (χ1) is 39.2. The van der Waals surface area contributed by atoms with E-state index in [1.165, 1.54) is 96.3 Å². The molecule has 3 unspecified atom stereocenters. The Hall–Kier alpha value is -3.86. The van der Waals surface area contributed by atoms with Gasteiger partial charge in [-0.15, -0.1) is 0 Å². The van der Waals surface area contributed by atoms with Crippen molar-refractivity contribution in [1.29, 1.82) is 0 Å². The van der Waals surface area contributed by atoms with Gasteiger partial charge in [0, 0.05) is 19.3 Å². The molecular weight excluding hydrogens is 1020 g/mol. The summed E-state index contributed by atoms with van der Waals surface area (Å²) < 4.78 is 39.6. The zero-order valence-electron chi connectivity index (χ0n) is 50.8. The van der Waals surface area contributed by atoms with Crippen molar-refractivity contribution < 1.29 is 52.2 Å². The van der Waals surface area contributed by atoms with Gasteiger partial charge in [-0.05, 0) is 96.3 Å². The lowest BCUT2D eigenvalue weighted by Gasteiger charge is -2.21. The summed E-state index contributed by atoms with van der Waals surface area (Å²) in [6, 6.07) is 0. The molecule has 0 radical (unpaired) electrons. The second-order valence-electron chi connectivity index (χ2n) is 20.8. The van der Waals surface area contributed by atoms with Gasteiger partial charge in [0.05, 0.1) is 19.8 Å². The molecule has 0 saturated heterocycles. The van der Waals surface area contributed by atoms with Gasteiger partial charge in [0.15, 0.2) is 6.10 Å². The Balaban J connectivity index is 4.84. The molecule has 0 heterocycles. The minimum atomic E-state index is -4.78. The van der Waals surface area contributed by atoms with Crippen LogP contribution in [0.25, 0.3) is 0 Å². The molecule has 0 aromatic heterocycles. The van der Waals surface area contributed by atoms with Crippen LogP contribution in [0.15, 0.2) is 109 Å². The molecule has 2 N–H and O–H groups in total. The first-order valence-corrected chi connectivity index (χ1v) is 33.3. The molecule has 12 heteroatoms. The highest BCUT2D eigenvalue weighted by molar-refractivity contribution is 7.47. The van der Waals surface area contributed by atoms with E-state index in [-0.39, 0.29) is 25.9 Å². The van der Waals surface area contributed by atoms with Crippen LogP contribution in [-0.2, 0) is 42.2 Å². The summed E-state index contributed by atoms with van der Waals surface area (Å²) in [7, 11) is -4.78. The quantitative estimate of drug-likeness (QED) is 0.0197. The van der Waals surface area contributed by atoms with Crippen LogP contribution >= 0.6 is 7.82 Å². The highest BCUT2D eigenvalue weighted by Crippen LogP contribution is 2.43. The number of allylic oxidation sites excluding steroid dienone is 18. The molecule has 80 heavy (non-hydrogen) atoms. The number of hydrogen-bond donors (Lipinski definition) is 2. The van der Waals surface area contributed by atoms with Crippen molar-refractivity contribution in [2.24, 2.45) is 0 Å². The largest absolute Gasteiger partial charge is 0.472 e. The minimum absolute atomic E-state index is 0.0356. The number of ether oxygens (including phenoxy) is 3. The third kappa shape index (κ3) is 58.8. The number of carbonyl (C=O) groups excluding carboxylic acids is 3. The predicted molar refractivity (Wildman–Crippen MR) is 334 cm³/mol. The first kappa shape index (κ1) is 76.1. The first-order valence-electron chi connectivity index (χ1n) is 31.8. The number of unbranched alkanes of at least 4 members (excludes halogenated alkanes) is 23. The van der Waals surface area contributed by atoms with E-state index in [9.17, 15) is 28.9 Å². The van der Waals surface area contributed by atoms with Crippen molar-refractivity contribution in [1.82, 2.24) is 0 Å². The number of esters is 3. The summed E-state index contributed by atoms with van der Waals surface area (Å²) in [5.41, 5.74) is 0.